The normalized spacial score (nSPS) is 21.6. The van der Waals surface area contributed by atoms with Gasteiger partial charge in [0.2, 0.25) is 5.91 Å². The zero-order valence-electron chi connectivity index (χ0n) is 20.3. The van der Waals surface area contributed by atoms with Crippen LogP contribution < -0.4 is 20.9 Å². The molecular formula is C26H31FN6O3. The molecule has 0 aliphatic carbocycles. The topological polar surface area (TPSA) is 98.8 Å². The number of hydrogen-bond acceptors (Lipinski definition) is 7. The van der Waals surface area contributed by atoms with Crippen molar-refractivity contribution in [3.8, 4) is 0 Å². The highest BCUT2D eigenvalue weighted by Crippen LogP contribution is 2.33. The average molecular weight is 495 g/mol. The molecule has 2 aromatic rings. The number of aromatic nitrogens is 1. The van der Waals surface area contributed by atoms with Crippen LogP contribution in [0.4, 0.5) is 27.4 Å². The van der Waals surface area contributed by atoms with Gasteiger partial charge in [0.15, 0.2) is 11.6 Å². The number of anilines is 4. The molecule has 5 rings (SSSR count). The summed E-state index contributed by atoms with van der Waals surface area (Å²) in [4.78, 5) is 33.1. The fourth-order valence-corrected chi connectivity index (χ4v) is 5.07. The van der Waals surface area contributed by atoms with Gasteiger partial charge in [0.1, 0.15) is 5.82 Å². The van der Waals surface area contributed by atoms with Gasteiger partial charge in [-0.1, -0.05) is 6.58 Å². The number of nitrogens with zero attached hydrogens (tertiary/aromatic N) is 3. The van der Waals surface area contributed by atoms with Crippen molar-refractivity contribution in [2.75, 3.05) is 48.4 Å². The number of nitrogens with one attached hydrogen (secondary N) is 3. The number of benzene rings is 1. The Morgan fingerprint density at radius 2 is 2.08 bits per heavy atom. The van der Waals surface area contributed by atoms with Crippen molar-refractivity contribution < 1.29 is 18.7 Å². The number of likely N-dealkylation sites (tertiary alicyclic amines) is 1. The molecule has 1 aromatic heterocycles. The molecule has 9 nitrogen and oxygen atoms in total. The first-order valence-corrected chi connectivity index (χ1v) is 12.3. The van der Waals surface area contributed by atoms with Gasteiger partial charge >= 0.3 is 0 Å². The first-order valence-electron chi connectivity index (χ1n) is 12.3. The maximum Gasteiger partial charge on any atom is 0.255 e. The Bertz CT molecular complexity index is 1170. The number of fused-ring (bicyclic) bond motifs is 1. The molecule has 0 bridgehead atoms. The summed E-state index contributed by atoms with van der Waals surface area (Å²) in [6.07, 6.45) is 2.87. The van der Waals surface area contributed by atoms with Gasteiger partial charge in [-0.3, -0.25) is 9.59 Å². The fraction of sp³-hybridized carbons (Fsp3) is 0.423. The largest absolute Gasteiger partial charge is 0.377 e. The molecule has 10 heteroatoms. The molecule has 0 radical (unpaired) electrons. The Morgan fingerprint density at radius 3 is 2.83 bits per heavy atom. The summed E-state index contributed by atoms with van der Waals surface area (Å²) in [6, 6.07) is 8.01. The molecule has 1 aromatic carbocycles. The summed E-state index contributed by atoms with van der Waals surface area (Å²) < 4.78 is 20.9. The Labute approximate surface area is 209 Å². The molecule has 3 aliphatic rings. The van der Waals surface area contributed by atoms with Gasteiger partial charge in [0.05, 0.1) is 18.8 Å². The van der Waals surface area contributed by atoms with E-state index in [-0.39, 0.29) is 47.4 Å². The third-order valence-corrected chi connectivity index (χ3v) is 6.97. The first kappa shape index (κ1) is 24.1. The number of amides is 2. The molecule has 4 heterocycles. The lowest BCUT2D eigenvalue weighted by Gasteiger charge is -2.35. The average Bonchev–Trinajstić information content (AvgIpc) is 3.29. The number of hydrogen-bond donors (Lipinski definition) is 3. The highest BCUT2D eigenvalue weighted by atomic mass is 19.1. The van der Waals surface area contributed by atoms with Crippen LogP contribution in [-0.4, -0.2) is 66.6 Å². The minimum absolute atomic E-state index is 0.0735. The summed E-state index contributed by atoms with van der Waals surface area (Å²) in [7, 11) is 0. The van der Waals surface area contributed by atoms with Crippen LogP contribution in [0.2, 0.25) is 0 Å². The zero-order valence-corrected chi connectivity index (χ0v) is 20.3. The Balaban J connectivity index is 1.38. The summed E-state index contributed by atoms with van der Waals surface area (Å²) in [5.74, 6) is -0.672. The molecule has 0 spiro atoms. The van der Waals surface area contributed by atoms with Crippen molar-refractivity contribution in [1.29, 1.82) is 0 Å². The van der Waals surface area contributed by atoms with Gasteiger partial charge < -0.3 is 30.5 Å². The molecule has 2 fully saturated rings. The van der Waals surface area contributed by atoms with Crippen LogP contribution >= 0.6 is 0 Å². The van der Waals surface area contributed by atoms with Crippen LogP contribution in [0.1, 0.15) is 35.7 Å². The van der Waals surface area contributed by atoms with E-state index in [1.807, 2.05) is 24.3 Å². The molecular weight excluding hydrogens is 463 g/mol. The van der Waals surface area contributed by atoms with Crippen molar-refractivity contribution >= 4 is 34.8 Å². The highest BCUT2D eigenvalue weighted by molar-refractivity contribution is 6.03. The molecule has 36 heavy (non-hydrogen) atoms. The number of rotatable bonds is 6. The monoisotopic (exact) mass is 494 g/mol. The minimum atomic E-state index is -0.544. The lowest BCUT2D eigenvalue weighted by atomic mass is 10.0. The number of carbonyl (C=O) groups excluding carboxylic acids is 2. The Morgan fingerprint density at radius 1 is 1.28 bits per heavy atom. The van der Waals surface area contributed by atoms with Crippen molar-refractivity contribution in [3.05, 3.63) is 53.9 Å². The number of pyridine rings is 1. The smallest absolute Gasteiger partial charge is 0.255 e. The van der Waals surface area contributed by atoms with Crippen molar-refractivity contribution in [2.45, 2.75) is 38.4 Å². The molecule has 3 N–H and O–H groups in total. The van der Waals surface area contributed by atoms with E-state index in [0.29, 0.717) is 32.1 Å². The molecule has 3 aliphatic heterocycles. The van der Waals surface area contributed by atoms with E-state index >= 15 is 4.39 Å². The van der Waals surface area contributed by atoms with E-state index in [0.717, 1.165) is 30.8 Å². The lowest BCUT2D eigenvalue weighted by Crippen LogP contribution is -2.44. The second kappa shape index (κ2) is 10.1. The van der Waals surface area contributed by atoms with Crippen LogP contribution in [-0.2, 0) is 16.1 Å². The SMILES string of the molecule is C=CC(=O)N1CCCC(Nc2nc(Nc3ccc(N4CCOCC4C)cc3)c3c(c2F)CNC3=O)C1. The summed E-state index contributed by atoms with van der Waals surface area (Å²) in [6.45, 7) is 9.08. The van der Waals surface area contributed by atoms with E-state index in [1.165, 1.54) is 6.08 Å². The van der Waals surface area contributed by atoms with Gasteiger partial charge in [0, 0.05) is 55.2 Å². The number of halogens is 1. The number of carbonyl (C=O) groups is 2. The molecule has 2 saturated heterocycles. The Hall–Kier alpha value is -3.66. The van der Waals surface area contributed by atoms with Gasteiger partial charge in [-0.05, 0) is 50.1 Å². The van der Waals surface area contributed by atoms with Crippen LogP contribution in [0.3, 0.4) is 0 Å². The van der Waals surface area contributed by atoms with Crippen LogP contribution in [0.5, 0.6) is 0 Å². The standard InChI is InChI=1S/C26H31FN6O3/c1-3-21(34)32-10-4-5-18(14-32)30-25-23(27)20-13-28-26(35)22(20)24(31-25)29-17-6-8-19(9-7-17)33-11-12-36-15-16(33)2/h3,6-9,16,18H,1,4-5,10-15H2,2H3,(H,28,35)(H2,29,30,31). The van der Waals surface area contributed by atoms with E-state index in [2.05, 4.69) is 39.3 Å². The number of morpholine rings is 1. The zero-order chi connectivity index (χ0) is 25.2. The highest BCUT2D eigenvalue weighted by Gasteiger charge is 2.31. The third kappa shape index (κ3) is 4.73. The summed E-state index contributed by atoms with van der Waals surface area (Å²) >= 11 is 0. The third-order valence-electron chi connectivity index (χ3n) is 6.97. The number of piperidine rings is 1. The lowest BCUT2D eigenvalue weighted by molar-refractivity contribution is -0.127. The van der Waals surface area contributed by atoms with E-state index in [4.69, 9.17) is 4.74 Å². The first-order chi connectivity index (χ1) is 17.4. The summed E-state index contributed by atoms with van der Waals surface area (Å²) in [5, 5.41) is 9.09. The van der Waals surface area contributed by atoms with Gasteiger partial charge in [-0.2, -0.15) is 0 Å². The van der Waals surface area contributed by atoms with E-state index in [1.54, 1.807) is 4.90 Å². The fourth-order valence-electron chi connectivity index (χ4n) is 5.07. The maximum absolute atomic E-state index is 15.4. The predicted molar refractivity (Wildman–Crippen MR) is 136 cm³/mol. The van der Waals surface area contributed by atoms with E-state index < -0.39 is 5.82 Å². The molecule has 0 saturated carbocycles. The predicted octanol–water partition coefficient (Wildman–Crippen LogP) is 3.02. The minimum Gasteiger partial charge on any atom is -0.377 e. The molecule has 2 unspecified atom stereocenters. The summed E-state index contributed by atoms with van der Waals surface area (Å²) in [5.41, 5.74) is 2.33. The van der Waals surface area contributed by atoms with Crippen LogP contribution in [0.25, 0.3) is 0 Å². The molecule has 190 valence electrons. The number of ether oxygens (including phenoxy) is 1. The Kier molecular flexibility index (Phi) is 6.77. The van der Waals surface area contributed by atoms with E-state index in [9.17, 15) is 9.59 Å². The maximum atomic E-state index is 15.4. The van der Waals surface area contributed by atoms with Gasteiger partial charge in [0.25, 0.3) is 5.91 Å². The van der Waals surface area contributed by atoms with Crippen molar-refractivity contribution in [2.24, 2.45) is 0 Å². The second-order valence-electron chi connectivity index (χ2n) is 9.42. The van der Waals surface area contributed by atoms with Crippen molar-refractivity contribution in [3.63, 3.8) is 0 Å². The molecule has 2 amide bonds. The second-order valence-corrected chi connectivity index (χ2v) is 9.42. The van der Waals surface area contributed by atoms with Crippen molar-refractivity contribution in [1.82, 2.24) is 15.2 Å². The van der Waals surface area contributed by atoms with Gasteiger partial charge in [-0.25, -0.2) is 9.37 Å². The quantitative estimate of drug-likeness (QED) is 0.531. The van der Waals surface area contributed by atoms with Crippen LogP contribution in [0, 0.1) is 5.82 Å². The molecule has 2 atom stereocenters. The van der Waals surface area contributed by atoms with Crippen LogP contribution in [0.15, 0.2) is 36.9 Å². The van der Waals surface area contributed by atoms with Gasteiger partial charge in [-0.15, -0.1) is 0 Å².